The van der Waals surface area contributed by atoms with Crippen LogP contribution in [0.15, 0.2) is 35.9 Å². The Morgan fingerprint density at radius 3 is 3.04 bits per heavy atom. The Hall–Kier alpha value is -1.85. The average Bonchev–Trinajstić information content (AvgIpc) is 3.37. The van der Waals surface area contributed by atoms with Gasteiger partial charge in [0.15, 0.2) is 0 Å². The first-order valence-corrected chi connectivity index (χ1v) is 10.5. The number of rotatable bonds is 6. The molecule has 6 heteroatoms. The summed E-state index contributed by atoms with van der Waals surface area (Å²) in [5.41, 5.74) is 1.74. The number of hydrogen-bond donors (Lipinski definition) is 1. The lowest BCUT2D eigenvalue weighted by molar-refractivity contribution is -0.133. The number of nitrogens with zero attached hydrogens (tertiary/aromatic N) is 1. The summed E-state index contributed by atoms with van der Waals surface area (Å²) in [4.78, 5) is 27.7. The lowest BCUT2D eigenvalue weighted by Gasteiger charge is -2.26. The monoisotopic (exact) mass is 402 g/mol. The molecule has 150 valence electrons. The molecule has 2 saturated heterocycles. The van der Waals surface area contributed by atoms with Crippen LogP contribution in [0.2, 0.25) is 5.02 Å². The zero-order valence-corrected chi connectivity index (χ0v) is 16.8. The second kappa shape index (κ2) is 8.26. The van der Waals surface area contributed by atoms with Crippen LogP contribution in [0.4, 0.5) is 0 Å². The van der Waals surface area contributed by atoms with E-state index in [0.717, 1.165) is 31.2 Å². The van der Waals surface area contributed by atoms with Crippen LogP contribution < -0.4 is 5.32 Å². The van der Waals surface area contributed by atoms with E-state index >= 15 is 0 Å². The molecule has 0 unspecified atom stereocenters. The molecular weight excluding hydrogens is 376 g/mol. The van der Waals surface area contributed by atoms with E-state index in [1.807, 2.05) is 29.2 Å². The summed E-state index contributed by atoms with van der Waals surface area (Å²) in [6.45, 7) is 2.58. The Labute approximate surface area is 171 Å². The number of carbonyl (C=O) groups is 2. The van der Waals surface area contributed by atoms with E-state index in [2.05, 4.69) is 11.4 Å². The van der Waals surface area contributed by atoms with Crippen molar-refractivity contribution in [1.82, 2.24) is 10.2 Å². The molecule has 0 spiro atoms. The third-order valence-electron chi connectivity index (χ3n) is 6.28. The van der Waals surface area contributed by atoms with Crippen molar-refractivity contribution in [2.75, 3.05) is 32.8 Å². The van der Waals surface area contributed by atoms with Crippen LogP contribution in [0.5, 0.6) is 0 Å². The van der Waals surface area contributed by atoms with Gasteiger partial charge in [-0.05, 0) is 43.4 Å². The summed E-state index contributed by atoms with van der Waals surface area (Å²) >= 11 is 6.02. The summed E-state index contributed by atoms with van der Waals surface area (Å²) in [6.07, 6.45) is 6.68. The highest BCUT2D eigenvalue weighted by molar-refractivity contribution is 6.30. The van der Waals surface area contributed by atoms with Crippen LogP contribution in [0, 0.1) is 11.3 Å². The summed E-state index contributed by atoms with van der Waals surface area (Å²) in [7, 11) is 0. The van der Waals surface area contributed by atoms with Crippen molar-refractivity contribution in [3.63, 3.8) is 0 Å². The van der Waals surface area contributed by atoms with Crippen LogP contribution in [-0.4, -0.2) is 49.6 Å². The molecule has 0 saturated carbocycles. The first-order chi connectivity index (χ1) is 13.6. The van der Waals surface area contributed by atoms with Gasteiger partial charge in [-0.25, -0.2) is 0 Å². The highest BCUT2D eigenvalue weighted by Gasteiger charge is 2.56. The minimum Gasteiger partial charge on any atom is -0.380 e. The molecule has 5 nitrogen and oxygen atoms in total. The van der Waals surface area contributed by atoms with Crippen molar-refractivity contribution in [2.24, 2.45) is 11.3 Å². The number of halogens is 1. The van der Waals surface area contributed by atoms with Crippen LogP contribution in [0.25, 0.3) is 0 Å². The minimum absolute atomic E-state index is 0.00686. The quantitative estimate of drug-likeness (QED) is 0.744. The minimum atomic E-state index is -0.603. The van der Waals surface area contributed by atoms with E-state index in [4.69, 9.17) is 16.3 Å². The maximum absolute atomic E-state index is 13.1. The van der Waals surface area contributed by atoms with Crippen LogP contribution >= 0.6 is 11.6 Å². The Kier molecular flexibility index (Phi) is 5.74. The van der Waals surface area contributed by atoms with Gasteiger partial charge in [-0.2, -0.15) is 0 Å². The molecule has 2 aliphatic heterocycles. The molecule has 4 rings (SSSR count). The standard InChI is InChI=1S/C22H27ClN2O3/c23-19-7-3-6-17(10-19)8-9-24-21(27)22-14-25(12-18(22)13-28-15-22)20(26)11-16-4-1-2-5-16/h3-4,6-7,10,18H,1-2,5,8-9,11-15H2,(H,24,27)/t18-,22-/m1/s1. The number of ether oxygens (including phenoxy) is 1. The Balaban J connectivity index is 1.35. The molecule has 1 aromatic carbocycles. The van der Waals surface area contributed by atoms with Crippen molar-refractivity contribution in [2.45, 2.75) is 32.1 Å². The Morgan fingerprint density at radius 2 is 2.25 bits per heavy atom. The lowest BCUT2D eigenvalue weighted by atomic mass is 9.80. The zero-order valence-electron chi connectivity index (χ0n) is 16.1. The fraction of sp³-hybridized carbons (Fsp3) is 0.545. The summed E-state index contributed by atoms with van der Waals surface area (Å²) in [5, 5.41) is 3.78. The third kappa shape index (κ3) is 3.96. The van der Waals surface area contributed by atoms with Gasteiger partial charge in [0.2, 0.25) is 11.8 Å². The van der Waals surface area contributed by atoms with Gasteiger partial charge in [0.25, 0.3) is 0 Å². The highest BCUT2D eigenvalue weighted by atomic mass is 35.5. The Morgan fingerprint density at radius 1 is 1.36 bits per heavy atom. The average molecular weight is 403 g/mol. The van der Waals surface area contributed by atoms with Crippen molar-refractivity contribution in [3.8, 4) is 0 Å². The van der Waals surface area contributed by atoms with Gasteiger partial charge in [0.05, 0.1) is 18.6 Å². The first-order valence-electron chi connectivity index (χ1n) is 10.1. The lowest BCUT2D eigenvalue weighted by Crippen LogP contribution is -2.47. The van der Waals surface area contributed by atoms with Gasteiger partial charge in [0.1, 0.15) is 0 Å². The van der Waals surface area contributed by atoms with Crippen molar-refractivity contribution in [3.05, 3.63) is 46.5 Å². The highest BCUT2D eigenvalue weighted by Crippen LogP contribution is 2.42. The molecule has 1 aromatic rings. The van der Waals surface area contributed by atoms with Crippen LogP contribution in [0.3, 0.4) is 0 Å². The number of fused-ring (bicyclic) bond motifs is 1. The van der Waals surface area contributed by atoms with Crippen molar-refractivity contribution >= 4 is 23.4 Å². The smallest absolute Gasteiger partial charge is 0.230 e. The van der Waals surface area contributed by atoms with Gasteiger partial charge >= 0.3 is 0 Å². The molecule has 2 heterocycles. The number of hydrogen-bond acceptors (Lipinski definition) is 3. The van der Waals surface area contributed by atoms with E-state index < -0.39 is 5.41 Å². The maximum atomic E-state index is 13.1. The normalized spacial score (nSPS) is 26.2. The number of likely N-dealkylation sites (tertiary alicyclic amines) is 1. The molecule has 0 bridgehead atoms. The number of carbonyl (C=O) groups excluding carboxylic acids is 2. The SMILES string of the molecule is O=C(CC1=CCCC1)N1C[C@@H]2COC[C@]2(C(=O)NCCc2cccc(Cl)c2)C1. The van der Waals surface area contributed by atoms with Gasteiger partial charge in [-0.3, -0.25) is 9.59 Å². The van der Waals surface area contributed by atoms with E-state index in [1.54, 1.807) is 0 Å². The number of allylic oxidation sites excluding steroid dienone is 1. The molecular formula is C22H27ClN2O3. The Bertz CT molecular complexity index is 794. The molecule has 2 amide bonds. The molecule has 28 heavy (non-hydrogen) atoms. The topological polar surface area (TPSA) is 58.6 Å². The summed E-state index contributed by atoms with van der Waals surface area (Å²) in [5.74, 6) is 0.237. The van der Waals surface area contributed by atoms with E-state index in [9.17, 15) is 9.59 Å². The van der Waals surface area contributed by atoms with Crippen LogP contribution in [-0.2, 0) is 20.7 Å². The third-order valence-corrected chi connectivity index (χ3v) is 6.52. The first kappa shape index (κ1) is 19.5. The van der Waals surface area contributed by atoms with E-state index in [-0.39, 0.29) is 17.7 Å². The number of nitrogens with one attached hydrogen (secondary N) is 1. The van der Waals surface area contributed by atoms with E-state index in [1.165, 1.54) is 5.57 Å². The molecule has 0 radical (unpaired) electrons. The van der Waals surface area contributed by atoms with Gasteiger partial charge in [0, 0.05) is 37.0 Å². The molecule has 1 N–H and O–H groups in total. The molecule has 3 aliphatic rings. The molecule has 2 atom stereocenters. The zero-order chi connectivity index (χ0) is 19.6. The van der Waals surface area contributed by atoms with Gasteiger partial charge < -0.3 is 15.0 Å². The predicted molar refractivity (Wildman–Crippen MR) is 108 cm³/mol. The van der Waals surface area contributed by atoms with Crippen molar-refractivity contribution < 1.29 is 14.3 Å². The second-order valence-electron chi connectivity index (χ2n) is 8.21. The second-order valence-corrected chi connectivity index (χ2v) is 8.65. The fourth-order valence-electron chi connectivity index (χ4n) is 4.64. The molecule has 2 fully saturated rings. The maximum Gasteiger partial charge on any atom is 0.230 e. The fourth-order valence-corrected chi connectivity index (χ4v) is 4.85. The number of amides is 2. The summed E-state index contributed by atoms with van der Waals surface area (Å²) in [6, 6.07) is 7.68. The van der Waals surface area contributed by atoms with E-state index in [0.29, 0.717) is 44.3 Å². The van der Waals surface area contributed by atoms with Gasteiger partial charge in [-0.15, -0.1) is 0 Å². The predicted octanol–water partition coefficient (Wildman–Crippen LogP) is 2.97. The number of benzene rings is 1. The van der Waals surface area contributed by atoms with Crippen LogP contribution in [0.1, 0.15) is 31.2 Å². The summed E-state index contributed by atoms with van der Waals surface area (Å²) < 4.78 is 5.65. The largest absolute Gasteiger partial charge is 0.380 e. The molecule has 0 aromatic heterocycles. The van der Waals surface area contributed by atoms with Crippen molar-refractivity contribution in [1.29, 1.82) is 0 Å². The molecule has 1 aliphatic carbocycles. The van der Waals surface area contributed by atoms with Gasteiger partial charge in [-0.1, -0.05) is 35.4 Å².